The zero-order valence-electron chi connectivity index (χ0n) is 18.6. The summed E-state index contributed by atoms with van der Waals surface area (Å²) < 4.78 is 11.2. The van der Waals surface area contributed by atoms with E-state index < -0.39 is 5.97 Å². The molecule has 35 heavy (non-hydrogen) atoms. The molecule has 0 fully saturated rings. The minimum absolute atomic E-state index is 0.0490. The van der Waals surface area contributed by atoms with Gasteiger partial charge in [0.25, 0.3) is 0 Å². The van der Waals surface area contributed by atoms with E-state index in [1.54, 1.807) is 72.9 Å². The fourth-order valence-electron chi connectivity index (χ4n) is 3.22. The number of ether oxygens (including phenoxy) is 1. The van der Waals surface area contributed by atoms with Gasteiger partial charge in [0, 0.05) is 28.8 Å². The first-order valence-corrected chi connectivity index (χ1v) is 11.4. The van der Waals surface area contributed by atoms with Gasteiger partial charge >= 0.3 is 5.97 Å². The van der Waals surface area contributed by atoms with Crippen LogP contribution in [-0.2, 0) is 16.1 Å². The van der Waals surface area contributed by atoms with Crippen LogP contribution in [0.25, 0.3) is 11.3 Å². The highest BCUT2D eigenvalue weighted by atomic mass is 35.5. The Labute approximate surface area is 212 Å². The summed E-state index contributed by atoms with van der Waals surface area (Å²) in [5.41, 5.74) is 3.07. The van der Waals surface area contributed by atoms with E-state index in [0.717, 1.165) is 0 Å². The van der Waals surface area contributed by atoms with Gasteiger partial charge in [-0.1, -0.05) is 47.5 Å². The minimum atomic E-state index is -0.543. The van der Waals surface area contributed by atoms with Crippen molar-refractivity contribution in [2.45, 2.75) is 13.5 Å². The van der Waals surface area contributed by atoms with Crippen molar-refractivity contribution in [2.75, 3.05) is 5.32 Å². The summed E-state index contributed by atoms with van der Waals surface area (Å²) in [6.07, 6.45) is 1.60. The normalized spacial score (nSPS) is 10.9. The summed E-state index contributed by atoms with van der Waals surface area (Å²) in [6, 6.07) is 22.8. The van der Waals surface area contributed by atoms with Crippen LogP contribution in [0.3, 0.4) is 0 Å². The van der Waals surface area contributed by atoms with E-state index in [-0.39, 0.29) is 23.1 Å². The zero-order chi connectivity index (χ0) is 24.8. The number of carbonyl (C=O) groups is 2. The number of hydrogen-bond donors (Lipinski definition) is 1. The smallest absolute Gasteiger partial charge is 0.339 e. The van der Waals surface area contributed by atoms with E-state index in [1.807, 2.05) is 12.1 Å². The molecule has 0 radical (unpaired) electrons. The van der Waals surface area contributed by atoms with Crippen molar-refractivity contribution in [3.05, 3.63) is 106 Å². The molecular weight excluding hydrogens is 487 g/mol. The molecule has 0 atom stereocenters. The topological polar surface area (TPSA) is 80.9 Å². The quantitative estimate of drug-likeness (QED) is 0.210. The van der Waals surface area contributed by atoms with E-state index in [2.05, 4.69) is 10.3 Å². The van der Waals surface area contributed by atoms with Gasteiger partial charge in [0.15, 0.2) is 0 Å². The fourth-order valence-corrected chi connectivity index (χ4v) is 3.67. The average molecular weight is 507 g/mol. The van der Waals surface area contributed by atoms with Crippen molar-refractivity contribution in [2.24, 2.45) is 4.99 Å². The molecule has 0 aliphatic carbocycles. The molecule has 0 bridgehead atoms. The molecule has 8 heteroatoms. The Kier molecular flexibility index (Phi) is 7.65. The Hall–Kier alpha value is -3.87. The van der Waals surface area contributed by atoms with Crippen LogP contribution in [0.2, 0.25) is 10.0 Å². The Morgan fingerprint density at radius 2 is 1.74 bits per heavy atom. The van der Waals surface area contributed by atoms with Gasteiger partial charge in [-0.2, -0.15) is 0 Å². The van der Waals surface area contributed by atoms with Crippen molar-refractivity contribution in [1.82, 2.24) is 0 Å². The number of aliphatic imine (C=N–C) groups is 1. The lowest BCUT2D eigenvalue weighted by Gasteiger charge is -2.08. The second kappa shape index (κ2) is 11.0. The van der Waals surface area contributed by atoms with Crippen LogP contribution >= 0.6 is 23.2 Å². The number of amides is 1. The van der Waals surface area contributed by atoms with Gasteiger partial charge in [0.1, 0.15) is 18.1 Å². The molecule has 1 heterocycles. The van der Waals surface area contributed by atoms with Crippen molar-refractivity contribution in [1.29, 1.82) is 0 Å². The van der Waals surface area contributed by atoms with Gasteiger partial charge in [-0.3, -0.25) is 9.79 Å². The Morgan fingerprint density at radius 1 is 0.971 bits per heavy atom. The number of rotatable bonds is 7. The predicted octanol–water partition coefficient (Wildman–Crippen LogP) is 7.32. The van der Waals surface area contributed by atoms with Crippen LogP contribution in [0.15, 0.2) is 88.3 Å². The molecule has 0 unspecified atom stereocenters. The number of benzene rings is 3. The maximum absolute atomic E-state index is 12.5. The highest BCUT2D eigenvalue weighted by Gasteiger charge is 2.15. The highest BCUT2D eigenvalue weighted by Crippen LogP contribution is 2.28. The van der Waals surface area contributed by atoms with Crippen LogP contribution in [0.5, 0.6) is 0 Å². The Morgan fingerprint density at radius 3 is 2.46 bits per heavy atom. The lowest BCUT2D eigenvalue weighted by atomic mass is 10.1. The third-order valence-electron chi connectivity index (χ3n) is 4.95. The molecule has 1 amide bonds. The maximum Gasteiger partial charge on any atom is 0.339 e. The largest absolute Gasteiger partial charge is 0.457 e. The summed E-state index contributed by atoms with van der Waals surface area (Å²) in [5.74, 6) is 0.445. The Balaban J connectivity index is 1.41. The first-order valence-electron chi connectivity index (χ1n) is 10.6. The second-order valence-corrected chi connectivity index (χ2v) is 8.36. The highest BCUT2D eigenvalue weighted by molar-refractivity contribution is 6.34. The van der Waals surface area contributed by atoms with E-state index in [1.165, 1.54) is 6.92 Å². The first-order chi connectivity index (χ1) is 16.9. The van der Waals surface area contributed by atoms with Crippen molar-refractivity contribution in [3.63, 3.8) is 0 Å². The number of hydrogen-bond acceptors (Lipinski definition) is 5. The molecule has 1 aromatic heterocycles. The third kappa shape index (κ3) is 6.38. The minimum Gasteiger partial charge on any atom is -0.457 e. The number of furan rings is 1. The standard InChI is InChI=1S/C27H20Cl2N2O4/c1-17(32)31-21-9-7-20(8-10-21)30-15-22-11-13-26(35-22)18-6-12-23(25(29)14-18)27(33)34-16-19-4-2-3-5-24(19)28/h2-15H,16H2,1H3,(H,31,32). The molecule has 1 N–H and O–H groups in total. The summed E-state index contributed by atoms with van der Waals surface area (Å²) in [4.78, 5) is 28.0. The SMILES string of the molecule is CC(=O)Nc1ccc(N=Cc2ccc(-c3ccc(C(=O)OCc4ccccc4Cl)c(Cl)c3)o2)cc1. The molecule has 3 aromatic carbocycles. The van der Waals surface area contributed by atoms with Crippen LogP contribution in [0.1, 0.15) is 28.6 Å². The van der Waals surface area contributed by atoms with Crippen LogP contribution in [0.4, 0.5) is 11.4 Å². The van der Waals surface area contributed by atoms with Gasteiger partial charge < -0.3 is 14.5 Å². The molecule has 176 valence electrons. The molecular formula is C27H20Cl2N2O4. The van der Waals surface area contributed by atoms with Crippen LogP contribution in [-0.4, -0.2) is 18.1 Å². The fraction of sp³-hybridized carbons (Fsp3) is 0.0741. The summed E-state index contributed by atoms with van der Waals surface area (Å²) in [5, 5.41) is 3.48. The molecule has 4 rings (SSSR count). The number of esters is 1. The monoisotopic (exact) mass is 506 g/mol. The summed E-state index contributed by atoms with van der Waals surface area (Å²) in [6.45, 7) is 1.50. The second-order valence-electron chi connectivity index (χ2n) is 7.55. The number of anilines is 1. The van der Waals surface area contributed by atoms with Crippen molar-refractivity contribution >= 4 is 52.7 Å². The molecule has 0 saturated heterocycles. The van der Waals surface area contributed by atoms with Gasteiger partial charge in [-0.05, 0) is 54.6 Å². The predicted molar refractivity (Wildman–Crippen MR) is 138 cm³/mol. The summed E-state index contributed by atoms with van der Waals surface area (Å²) >= 11 is 12.5. The molecule has 4 aromatic rings. The Bertz CT molecular complexity index is 1390. The molecule has 6 nitrogen and oxygen atoms in total. The first kappa shape index (κ1) is 24.3. The number of nitrogens with zero attached hydrogens (tertiary/aromatic N) is 1. The number of carbonyl (C=O) groups excluding carboxylic acids is 2. The third-order valence-corrected chi connectivity index (χ3v) is 5.63. The van der Waals surface area contributed by atoms with Crippen molar-refractivity contribution in [3.8, 4) is 11.3 Å². The zero-order valence-corrected chi connectivity index (χ0v) is 20.1. The number of nitrogens with one attached hydrogen (secondary N) is 1. The lowest BCUT2D eigenvalue weighted by molar-refractivity contribution is -0.114. The molecule has 0 saturated carbocycles. The average Bonchev–Trinajstić information content (AvgIpc) is 3.32. The summed E-state index contributed by atoms with van der Waals surface area (Å²) in [7, 11) is 0. The lowest BCUT2D eigenvalue weighted by Crippen LogP contribution is -2.06. The van der Waals surface area contributed by atoms with Crippen LogP contribution in [0, 0.1) is 0 Å². The van der Waals surface area contributed by atoms with E-state index in [4.69, 9.17) is 32.4 Å². The molecule has 0 aliphatic rings. The van der Waals surface area contributed by atoms with E-state index in [0.29, 0.717) is 39.0 Å². The van der Waals surface area contributed by atoms with Gasteiger partial charge in [-0.25, -0.2) is 4.79 Å². The maximum atomic E-state index is 12.5. The van der Waals surface area contributed by atoms with E-state index in [9.17, 15) is 9.59 Å². The van der Waals surface area contributed by atoms with Crippen LogP contribution < -0.4 is 5.32 Å². The molecule has 0 aliphatic heterocycles. The van der Waals surface area contributed by atoms with E-state index >= 15 is 0 Å². The molecule has 0 spiro atoms. The van der Waals surface area contributed by atoms with Gasteiger partial charge in [0.2, 0.25) is 5.91 Å². The van der Waals surface area contributed by atoms with Gasteiger partial charge in [-0.15, -0.1) is 0 Å². The number of halogens is 2. The van der Waals surface area contributed by atoms with Gasteiger partial charge in [0.05, 0.1) is 22.5 Å². The van der Waals surface area contributed by atoms with Crippen molar-refractivity contribution < 1.29 is 18.7 Å².